The van der Waals surface area contributed by atoms with Gasteiger partial charge in [-0.25, -0.2) is 0 Å². The third-order valence-electron chi connectivity index (χ3n) is 26.0. The first-order valence-corrected chi connectivity index (χ1v) is 51.4. The highest BCUT2D eigenvalue weighted by Gasteiger charge is 2.27. The predicted octanol–water partition coefficient (Wildman–Crippen LogP) is 41.9. The maximum absolute atomic E-state index is 6.52. The lowest BCUT2D eigenvalue weighted by atomic mass is 10.0. The molecule has 22 aromatic carbocycles. The Morgan fingerprint density at radius 3 is 1.02 bits per heavy atom. The van der Waals surface area contributed by atoms with E-state index in [9.17, 15) is 0 Å². The van der Waals surface area contributed by atoms with Gasteiger partial charge < -0.3 is 24.0 Å². The van der Waals surface area contributed by atoms with E-state index in [2.05, 4.69) is 456 Å². The summed E-state index contributed by atoms with van der Waals surface area (Å²) in [5.41, 5.74) is 22.2. The molecule has 0 radical (unpaired) electrons. The van der Waals surface area contributed by atoms with Gasteiger partial charge in [-0.3, -0.25) is 0 Å². The van der Waals surface area contributed by atoms with E-state index < -0.39 is 0 Å². The van der Waals surface area contributed by atoms with Gasteiger partial charge in [0, 0.05) is 190 Å². The van der Waals surface area contributed by atoms with E-state index in [1.54, 1.807) is 11.3 Å². The molecule has 5 aromatic heterocycles. The van der Waals surface area contributed by atoms with Crippen molar-refractivity contribution in [2.45, 2.75) is 0 Å². The molecule has 0 amide bonds. The Labute approximate surface area is 851 Å². The quantitative estimate of drug-likeness (QED) is 0.102. The summed E-state index contributed by atoms with van der Waals surface area (Å²) in [7, 11) is 0. The van der Waals surface area contributed by atoms with Crippen molar-refractivity contribution < 1.29 is 4.42 Å². The van der Waals surface area contributed by atoms with Crippen LogP contribution in [0.25, 0.3) is 158 Å². The highest BCUT2D eigenvalue weighted by atomic mass is 35.5. The van der Waals surface area contributed by atoms with Gasteiger partial charge in [-0.1, -0.05) is 344 Å². The van der Waals surface area contributed by atoms with Crippen molar-refractivity contribution in [2.75, 3.05) is 19.6 Å². The van der Waals surface area contributed by atoms with E-state index in [1.807, 2.05) is 94.7 Å². The number of thiophene rings is 4. The van der Waals surface area contributed by atoms with Crippen LogP contribution in [0.1, 0.15) is 0 Å². The van der Waals surface area contributed by atoms with Crippen LogP contribution in [-0.4, -0.2) is 0 Å². The van der Waals surface area contributed by atoms with Gasteiger partial charge in [-0.05, 0) is 228 Å². The zero-order valence-electron chi connectivity index (χ0n) is 75.7. The second kappa shape index (κ2) is 38.6. The van der Waals surface area contributed by atoms with Crippen molar-refractivity contribution in [2.24, 2.45) is 0 Å². The average Bonchev–Trinajstić information content (AvgIpc) is 1.61. The number of anilines is 12. The largest absolute Gasteiger partial charge is 0.454 e. The van der Waals surface area contributed by atoms with Gasteiger partial charge in [0.25, 0.3) is 0 Å². The van der Waals surface area contributed by atoms with Crippen LogP contribution in [0.3, 0.4) is 0 Å². The number of fused-ring (bicyclic) bond motifs is 19. The van der Waals surface area contributed by atoms with Crippen LogP contribution in [0.4, 0.5) is 68.2 Å². The minimum absolute atomic E-state index is 0.760. The molecule has 27 rings (SSSR count). The molecule has 0 aliphatic rings. The second-order valence-corrected chi connectivity index (χ2v) is 40.6. The molecule has 0 N–H and O–H groups in total. The second-order valence-electron chi connectivity index (χ2n) is 34.6. The van der Waals surface area contributed by atoms with Gasteiger partial charge in [-0.15, -0.1) is 45.3 Å². The summed E-state index contributed by atoms with van der Waals surface area (Å²) >= 11 is 32.7. The topological polar surface area (TPSA) is 26.1 Å². The summed E-state index contributed by atoms with van der Waals surface area (Å²) in [5.74, 6) is 0. The van der Waals surface area contributed by atoms with Crippen molar-refractivity contribution >= 4 is 284 Å². The first-order chi connectivity index (χ1) is 69.6. The van der Waals surface area contributed by atoms with Crippen molar-refractivity contribution in [3.63, 3.8) is 0 Å². The molecule has 13 heteroatoms. The lowest BCUT2D eigenvalue weighted by molar-refractivity contribution is 0.669. The Kier molecular flexibility index (Phi) is 24.2. The van der Waals surface area contributed by atoms with Crippen LogP contribution in [0.2, 0.25) is 20.1 Å². The van der Waals surface area contributed by atoms with Gasteiger partial charge in [0.1, 0.15) is 5.58 Å². The average molecular weight is 1960 g/mol. The van der Waals surface area contributed by atoms with Gasteiger partial charge in [-0.2, -0.15) is 0 Å². The molecule has 27 aromatic rings. The molecule has 0 fully saturated rings. The highest BCUT2D eigenvalue weighted by molar-refractivity contribution is 7.27. The zero-order valence-corrected chi connectivity index (χ0v) is 82.0. The number of furan rings is 1. The van der Waals surface area contributed by atoms with E-state index in [0.29, 0.717) is 0 Å². The summed E-state index contributed by atoms with van der Waals surface area (Å²) in [6, 6.07) is 175. The Bertz CT molecular complexity index is 9250. The van der Waals surface area contributed by atoms with Crippen LogP contribution in [0, 0.1) is 0 Å². The fourth-order valence-electron chi connectivity index (χ4n) is 19.5. The molecule has 0 saturated heterocycles. The molecular formula is C128H82Cl4N4OS4. The fourth-order valence-corrected chi connectivity index (χ4v) is 25.2. The van der Waals surface area contributed by atoms with Gasteiger partial charge >= 0.3 is 0 Å². The maximum atomic E-state index is 6.52. The number of benzene rings is 22. The van der Waals surface area contributed by atoms with Crippen LogP contribution in [-0.2, 0) is 0 Å². The summed E-state index contributed by atoms with van der Waals surface area (Å²) in [5, 5.41) is 20.3. The summed E-state index contributed by atoms with van der Waals surface area (Å²) in [4.78, 5) is 9.33. The first kappa shape index (κ1) is 88.1. The summed E-state index contributed by atoms with van der Waals surface area (Å²) in [6.07, 6.45) is 0. The van der Waals surface area contributed by atoms with Gasteiger partial charge in [0.15, 0.2) is 5.58 Å². The molecule has 0 unspecified atom stereocenters. The molecular weight excluding hydrogens is 1880 g/mol. The third-order valence-corrected chi connectivity index (χ3v) is 31.7. The standard InChI is InChI=1S/C34H20ClNOS.C34H22ClNS.2C30H20ClNS/c35-21-17-18-25-28-20-30(23-11-4-5-13-27(23)34(28)38-32(25)19-21)36(22-9-2-1-3-10-22)29-15-8-14-26-24-12-6-7-16-31(24)37-33(26)29;35-25-17-20-29-31-22-32(28-13-7-8-14-30(28)34(31)37-33(29)21-25)36(26-11-5-2-6-12-26)27-18-15-24(16-19-27)23-9-3-1-4-10-23;31-23-9-7-8-21(18-23)22-14-16-27-28-20-26(15-17-29(28)33-30(27)19-22)32(24-10-3-1-4-11-24)25-12-5-2-6-13-25;31-28-14-8-7-13-25(28)21-15-17-26-27-20-24(16-18-29(27)33-30(26)19-21)32(22-9-3-1-4-10-22)23-11-5-2-6-12-23/h1-20H;1-22H;2*1-20H. The molecule has 0 aliphatic carbocycles. The van der Waals surface area contributed by atoms with Crippen LogP contribution in [0.15, 0.2) is 502 Å². The van der Waals surface area contributed by atoms with Gasteiger partial charge in [0.2, 0.25) is 0 Å². The van der Waals surface area contributed by atoms with E-state index in [-0.39, 0.29) is 0 Å². The Morgan fingerprint density at radius 2 is 0.518 bits per heavy atom. The maximum Gasteiger partial charge on any atom is 0.159 e. The Balaban J connectivity index is 0.000000102. The number of nitrogens with zero attached hydrogens (tertiary/aromatic N) is 4. The number of hydrogen-bond acceptors (Lipinski definition) is 9. The molecule has 5 nitrogen and oxygen atoms in total. The summed E-state index contributed by atoms with van der Waals surface area (Å²) in [6.45, 7) is 0. The molecule has 0 bridgehead atoms. The predicted molar refractivity (Wildman–Crippen MR) is 615 cm³/mol. The van der Waals surface area contributed by atoms with E-state index in [4.69, 9.17) is 50.8 Å². The third kappa shape index (κ3) is 17.3. The van der Waals surface area contributed by atoms with Crippen molar-refractivity contribution in [1.82, 2.24) is 0 Å². The zero-order chi connectivity index (χ0) is 94.4. The normalized spacial score (nSPS) is 11.4. The van der Waals surface area contributed by atoms with Crippen molar-refractivity contribution in [3.8, 4) is 33.4 Å². The highest BCUT2D eigenvalue weighted by Crippen LogP contribution is 2.53. The molecule has 0 aliphatic heterocycles. The van der Waals surface area contributed by atoms with Gasteiger partial charge in [0.05, 0.1) is 17.1 Å². The van der Waals surface area contributed by atoms with Crippen molar-refractivity contribution in [1.29, 1.82) is 0 Å². The van der Waals surface area contributed by atoms with Crippen LogP contribution < -0.4 is 19.6 Å². The Morgan fingerprint density at radius 1 is 0.170 bits per heavy atom. The molecule has 0 saturated carbocycles. The summed E-state index contributed by atoms with van der Waals surface area (Å²) < 4.78 is 16.6. The monoisotopic (exact) mass is 1960 g/mol. The van der Waals surface area contributed by atoms with E-state index in [0.717, 1.165) is 127 Å². The number of hydrogen-bond donors (Lipinski definition) is 0. The lowest BCUT2D eigenvalue weighted by Gasteiger charge is -2.27. The molecule has 0 spiro atoms. The SMILES string of the molecule is Clc1ccc2c(c1)sc1c3ccccc3c(N(c3ccccc3)c3ccc(-c4ccccc4)cc3)cc21.Clc1ccc2c(c1)sc1c3ccccc3c(N(c3ccccc3)c3cccc4c3oc3ccccc34)cc21.Clc1cccc(-c2ccc3c(c2)sc2ccc(N(c4ccccc4)c4ccccc4)cc23)c1.Clc1ccccc1-c1ccc2c(c1)sc1ccc(N(c3ccccc3)c3ccccc3)cc12. The van der Waals surface area contributed by atoms with E-state index in [1.165, 1.54) is 119 Å². The smallest absolute Gasteiger partial charge is 0.159 e. The molecule has 0 atom stereocenters. The van der Waals surface area contributed by atoms with Crippen LogP contribution in [0.5, 0.6) is 0 Å². The number of rotatable bonds is 15. The van der Waals surface area contributed by atoms with Crippen LogP contribution >= 0.6 is 91.8 Å². The lowest BCUT2D eigenvalue weighted by Crippen LogP contribution is -2.10. The molecule has 5 heterocycles. The number of halogens is 4. The van der Waals surface area contributed by atoms with E-state index >= 15 is 0 Å². The van der Waals surface area contributed by atoms with Crippen molar-refractivity contribution in [3.05, 3.63) is 518 Å². The molecule has 141 heavy (non-hydrogen) atoms. The molecule has 672 valence electrons. The first-order valence-electron chi connectivity index (χ1n) is 46.6. The minimum atomic E-state index is 0.760. The fraction of sp³-hybridized carbons (Fsp3) is 0. The minimum Gasteiger partial charge on any atom is -0.454 e. The Hall–Kier alpha value is -15.6. The number of para-hydroxylation sites is 8.